The van der Waals surface area contributed by atoms with Crippen molar-refractivity contribution in [1.82, 2.24) is 4.57 Å². The van der Waals surface area contributed by atoms with Gasteiger partial charge in [-0.25, -0.2) is 9.79 Å². The van der Waals surface area contributed by atoms with Crippen LogP contribution in [0.4, 0.5) is 0 Å². The molecule has 0 bridgehead atoms. The van der Waals surface area contributed by atoms with Gasteiger partial charge in [0.05, 0.1) is 33.1 Å². The second kappa shape index (κ2) is 11.7. The summed E-state index contributed by atoms with van der Waals surface area (Å²) in [7, 11) is 1.56. The molecule has 4 rings (SSSR count). The second-order valence-electron chi connectivity index (χ2n) is 7.96. The largest absolute Gasteiger partial charge is 0.493 e. The lowest BCUT2D eigenvalue weighted by atomic mass is 9.96. The van der Waals surface area contributed by atoms with Crippen LogP contribution in [0.1, 0.15) is 31.0 Å². The summed E-state index contributed by atoms with van der Waals surface area (Å²) in [5.41, 5.74) is 1.86. The number of esters is 1. The highest BCUT2D eigenvalue weighted by molar-refractivity contribution is 14.1. The average Bonchev–Trinajstić information content (AvgIpc) is 3.17. The quantitative estimate of drug-likeness (QED) is 0.202. The lowest BCUT2D eigenvalue weighted by molar-refractivity contribution is -0.139. The monoisotopic (exact) mass is 650 g/mol. The standard InChI is InChI=1S/C27H24ClIN2O5S/c1-5-11-36-24-19(29)12-16(13-20(24)34-4)14-21-25(32)31-23(17-9-7-8-10-18(17)28)22(26(33)35-6-2)15(3)30-27(31)37-21/h5,7-10,12-14,23H,1,6,11H2,2-4H3. The van der Waals surface area contributed by atoms with Gasteiger partial charge in [0.1, 0.15) is 12.6 Å². The van der Waals surface area contributed by atoms with E-state index >= 15 is 0 Å². The van der Waals surface area contributed by atoms with Crippen molar-refractivity contribution in [2.75, 3.05) is 20.3 Å². The first-order valence-corrected chi connectivity index (χ1v) is 13.6. The first kappa shape index (κ1) is 27.2. The molecule has 1 aromatic heterocycles. The summed E-state index contributed by atoms with van der Waals surface area (Å²) < 4.78 is 19.4. The van der Waals surface area contributed by atoms with E-state index in [1.54, 1.807) is 57.4 Å². The van der Waals surface area contributed by atoms with Crippen LogP contribution in [0, 0.1) is 3.57 Å². The SMILES string of the molecule is C=CCOc1c(I)cc(C=c2sc3n(c2=O)C(c2ccccc2Cl)C(C(=O)OCC)=C(C)N=3)cc1OC. The van der Waals surface area contributed by atoms with E-state index in [0.717, 1.165) is 9.13 Å². The molecule has 0 aliphatic carbocycles. The van der Waals surface area contributed by atoms with Crippen molar-refractivity contribution in [3.63, 3.8) is 0 Å². The Kier molecular flexibility index (Phi) is 8.56. The maximum Gasteiger partial charge on any atom is 0.338 e. The summed E-state index contributed by atoms with van der Waals surface area (Å²) in [6.07, 6.45) is 3.44. The molecule has 10 heteroatoms. The van der Waals surface area contributed by atoms with E-state index in [1.165, 1.54) is 15.9 Å². The summed E-state index contributed by atoms with van der Waals surface area (Å²) in [4.78, 5) is 31.9. The van der Waals surface area contributed by atoms with Crippen LogP contribution in [0.15, 0.2) is 70.1 Å². The Morgan fingerprint density at radius 1 is 1.32 bits per heavy atom. The fourth-order valence-corrected chi connectivity index (χ4v) is 6.11. The van der Waals surface area contributed by atoms with Gasteiger partial charge >= 0.3 is 5.97 Å². The van der Waals surface area contributed by atoms with Crippen LogP contribution in [-0.2, 0) is 9.53 Å². The smallest absolute Gasteiger partial charge is 0.338 e. The van der Waals surface area contributed by atoms with E-state index in [9.17, 15) is 9.59 Å². The predicted octanol–water partition coefficient (Wildman–Crippen LogP) is 4.63. The van der Waals surface area contributed by atoms with Gasteiger partial charge in [-0.15, -0.1) is 0 Å². The molecule has 0 fully saturated rings. The fraction of sp³-hybridized carbons (Fsp3) is 0.222. The first-order chi connectivity index (χ1) is 17.8. The van der Waals surface area contributed by atoms with Crippen molar-refractivity contribution in [3.05, 3.63) is 99.7 Å². The van der Waals surface area contributed by atoms with Gasteiger partial charge in [0.25, 0.3) is 5.56 Å². The Hall–Kier alpha value is -2.89. The summed E-state index contributed by atoms with van der Waals surface area (Å²) in [6.45, 7) is 7.69. The van der Waals surface area contributed by atoms with Crippen molar-refractivity contribution in [2.24, 2.45) is 4.99 Å². The van der Waals surface area contributed by atoms with Gasteiger partial charge in [0, 0.05) is 5.02 Å². The zero-order valence-corrected chi connectivity index (χ0v) is 24.1. The number of carbonyl (C=O) groups excluding carboxylic acids is 1. The molecule has 1 aliphatic rings. The van der Waals surface area contributed by atoms with Crippen LogP contribution < -0.4 is 24.4 Å². The average molecular weight is 651 g/mol. The molecule has 2 aromatic carbocycles. The molecule has 0 saturated carbocycles. The highest BCUT2D eigenvalue weighted by Crippen LogP contribution is 2.35. The van der Waals surface area contributed by atoms with Crippen LogP contribution in [0.5, 0.6) is 11.5 Å². The number of aromatic nitrogens is 1. The topological polar surface area (TPSA) is 79.1 Å². The Labute approximate surface area is 236 Å². The number of rotatable bonds is 8. The number of methoxy groups -OCH3 is 1. The van der Waals surface area contributed by atoms with Crippen LogP contribution in [-0.4, -0.2) is 30.9 Å². The Morgan fingerprint density at radius 2 is 2.08 bits per heavy atom. The number of hydrogen-bond acceptors (Lipinski definition) is 7. The summed E-state index contributed by atoms with van der Waals surface area (Å²) in [6, 6.07) is 10.1. The number of nitrogens with zero attached hydrogens (tertiary/aromatic N) is 2. The van der Waals surface area contributed by atoms with Gasteiger partial charge in [0.15, 0.2) is 16.3 Å². The third kappa shape index (κ3) is 5.39. The molecule has 1 aliphatic heterocycles. The number of carbonyl (C=O) groups is 1. The molecular weight excluding hydrogens is 627 g/mol. The van der Waals surface area contributed by atoms with Gasteiger partial charge in [0.2, 0.25) is 0 Å². The van der Waals surface area contributed by atoms with E-state index in [2.05, 4.69) is 34.2 Å². The molecule has 7 nitrogen and oxygen atoms in total. The molecule has 2 heterocycles. The van der Waals surface area contributed by atoms with E-state index in [1.807, 2.05) is 12.1 Å². The lowest BCUT2D eigenvalue weighted by Crippen LogP contribution is -2.40. The molecule has 0 N–H and O–H groups in total. The maximum atomic E-state index is 13.8. The number of hydrogen-bond donors (Lipinski definition) is 0. The van der Waals surface area contributed by atoms with Gasteiger partial charge in [-0.1, -0.05) is 53.8 Å². The Bertz CT molecular complexity index is 1590. The molecule has 1 unspecified atom stereocenters. The summed E-state index contributed by atoms with van der Waals surface area (Å²) in [5.74, 6) is 0.620. The molecule has 0 spiro atoms. The lowest BCUT2D eigenvalue weighted by Gasteiger charge is -2.25. The van der Waals surface area contributed by atoms with Crippen molar-refractivity contribution in [3.8, 4) is 11.5 Å². The van der Waals surface area contributed by atoms with E-state index in [4.69, 9.17) is 25.8 Å². The Balaban J connectivity index is 1.92. The molecule has 192 valence electrons. The molecule has 0 saturated heterocycles. The number of fused-ring (bicyclic) bond motifs is 1. The zero-order valence-electron chi connectivity index (χ0n) is 20.4. The van der Waals surface area contributed by atoms with Crippen molar-refractivity contribution in [1.29, 1.82) is 0 Å². The van der Waals surface area contributed by atoms with Crippen LogP contribution in [0.3, 0.4) is 0 Å². The van der Waals surface area contributed by atoms with Gasteiger partial charge < -0.3 is 14.2 Å². The number of benzene rings is 2. The molecule has 1 atom stereocenters. The Morgan fingerprint density at radius 3 is 2.76 bits per heavy atom. The molecular formula is C27H24ClIN2O5S. The zero-order chi connectivity index (χ0) is 26.7. The minimum absolute atomic E-state index is 0.197. The minimum atomic E-state index is -0.768. The third-order valence-electron chi connectivity index (χ3n) is 5.61. The highest BCUT2D eigenvalue weighted by atomic mass is 127. The number of ether oxygens (including phenoxy) is 3. The van der Waals surface area contributed by atoms with Gasteiger partial charge in [-0.05, 0) is 71.8 Å². The van der Waals surface area contributed by atoms with Crippen molar-refractivity contribution in [2.45, 2.75) is 19.9 Å². The van der Waals surface area contributed by atoms with E-state index < -0.39 is 12.0 Å². The van der Waals surface area contributed by atoms with Gasteiger partial charge in [-0.3, -0.25) is 9.36 Å². The van der Waals surface area contributed by atoms with Crippen molar-refractivity contribution >= 4 is 57.6 Å². The maximum absolute atomic E-state index is 13.8. The number of halogens is 2. The summed E-state index contributed by atoms with van der Waals surface area (Å²) >= 11 is 9.96. The first-order valence-electron chi connectivity index (χ1n) is 11.4. The normalized spacial score (nSPS) is 15.2. The molecule has 0 radical (unpaired) electrons. The summed E-state index contributed by atoms with van der Waals surface area (Å²) in [5, 5.41) is 0.438. The third-order valence-corrected chi connectivity index (χ3v) is 7.74. The number of allylic oxidation sites excluding steroid dienone is 1. The highest BCUT2D eigenvalue weighted by Gasteiger charge is 2.34. The van der Waals surface area contributed by atoms with Crippen molar-refractivity contribution < 1.29 is 19.0 Å². The van der Waals surface area contributed by atoms with Gasteiger partial charge in [-0.2, -0.15) is 0 Å². The van der Waals surface area contributed by atoms with E-state index in [0.29, 0.717) is 43.7 Å². The van der Waals surface area contributed by atoms with Crippen LogP contribution >= 0.6 is 45.5 Å². The fourth-order valence-electron chi connectivity index (χ4n) is 4.04. The van der Waals surface area contributed by atoms with Crippen LogP contribution in [0.25, 0.3) is 6.08 Å². The van der Waals surface area contributed by atoms with E-state index in [-0.39, 0.29) is 17.7 Å². The minimum Gasteiger partial charge on any atom is -0.493 e. The van der Waals surface area contributed by atoms with Crippen LogP contribution in [0.2, 0.25) is 5.02 Å². The second-order valence-corrected chi connectivity index (χ2v) is 10.5. The molecule has 37 heavy (non-hydrogen) atoms. The molecule has 0 amide bonds. The number of thiazole rings is 1. The predicted molar refractivity (Wildman–Crippen MR) is 153 cm³/mol. The molecule has 3 aromatic rings.